The zero-order valence-electron chi connectivity index (χ0n) is 18.8. The van der Waals surface area contributed by atoms with E-state index in [9.17, 15) is 24.0 Å². The van der Waals surface area contributed by atoms with E-state index in [0.29, 0.717) is 16.9 Å². The maximum atomic E-state index is 13.7. The van der Waals surface area contributed by atoms with Crippen molar-refractivity contribution in [2.45, 2.75) is 13.5 Å². The van der Waals surface area contributed by atoms with E-state index in [1.54, 1.807) is 42.5 Å². The quantitative estimate of drug-likeness (QED) is 0.275. The number of nitrogens with zero attached hydrogens (tertiary/aromatic N) is 1. The highest BCUT2D eigenvalue weighted by atomic mass is 32.1. The lowest BCUT2D eigenvalue weighted by molar-refractivity contribution is -0.112. The molecule has 0 bridgehead atoms. The van der Waals surface area contributed by atoms with Crippen LogP contribution < -0.4 is 15.8 Å². The highest BCUT2D eigenvalue weighted by Crippen LogP contribution is 2.33. The molecule has 0 fully saturated rings. The van der Waals surface area contributed by atoms with Crippen LogP contribution in [0.5, 0.6) is 5.75 Å². The number of hydrogen-bond donors (Lipinski definition) is 2. The minimum atomic E-state index is -0.783. The van der Waals surface area contributed by atoms with E-state index >= 15 is 0 Å². The molecule has 0 spiro atoms. The van der Waals surface area contributed by atoms with Gasteiger partial charge in [0.05, 0.1) is 17.6 Å². The van der Waals surface area contributed by atoms with Gasteiger partial charge in [-0.05, 0) is 42.3 Å². The summed E-state index contributed by atoms with van der Waals surface area (Å²) in [7, 11) is 1.17. The average Bonchev–Trinajstić information content (AvgIpc) is 3.18. The van der Waals surface area contributed by atoms with Crippen LogP contribution in [0.1, 0.15) is 36.7 Å². The van der Waals surface area contributed by atoms with Gasteiger partial charge < -0.3 is 20.5 Å². The molecule has 0 saturated heterocycles. The Bertz CT molecular complexity index is 1360. The van der Waals surface area contributed by atoms with E-state index in [1.807, 2.05) is 6.07 Å². The van der Waals surface area contributed by atoms with Gasteiger partial charge in [0.1, 0.15) is 34.8 Å². The van der Waals surface area contributed by atoms with Crippen molar-refractivity contribution < 1.29 is 28.2 Å². The lowest BCUT2D eigenvalue weighted by Gasteiger charge is -2.08. The Kier molecular flexibility index (Phi) is 7.96. The van der Waals surface area contributed by atoms with Gasteiger partial charge in [0.25, 0.3) is 11.8 Å². The number of esters is 1. The number of nitrogens with one attached hydrogen (secondary N) is 1. The van der Waals surface area contributed by atoms with Gasteiger partial charge in [0.15, 0.2) is 0 Å². The second-order valence-electron chi connectivity index (χ2n) is 7.19. The van der Waals surface area contributed by atoms with Crippen LogP contribution >= 0.6 is 11.3 Å². The van der Waals surface area contributed by atoms with Crippen molar-refractivity contribution in [1.29, 1.82) is 5.26 Å². The molecule has 3 aromatic rings. The molecule has 35 heavy (non-hydrogen) atoms. The topological polar surface area (TPSA) is 132 Å². The molecule has 0 saturated carbocycles. The number of primary amides is 1. The van der Waals surface area contributed by atoms with Crippen LogP contribution in [0.4, 0.5) is 9.39 Å². The van der Waals surface area contributed by atoms with Crippen LogP contribution in [0.2, 0.25) is 0 Å². The highest BCUT2D eigenvalue weighted by molar-refractivity contribution is 7.18. The number of halogens is 1. The summed E-state index contributed by atoms with van der Waals surface area (Å²) in [6.07, 6.45) is 1.35. The summed E-state index contributed by atoms with van der Waals surface area (Å²) in [5, 5.41) is 12.0. The normalized spacial score (nSPS) is 10.9. The van der Waals surface area contributed by atoms with E-state index in [-0.39, 0.29) is 39.0 Å². The van der Waals surface area contributed by atoms with Crippen molar-refractivity contribution in [3.8, 4) is 11.8 Å². The van der Waals surface area contributed by atoms with Crippen LogP contribution in [0, 0.1) is 24.1 Å². The fourth-order valence-corrected chi connectivity index (χ4v) is 4.15. The Morgan fingerprint density at radius 2 is 1.86 bits per heavy atom. The third-order valence-corrected chi connectivity index (χ3v) is 6.12. The molecule has 0 aliphatic rings. The second-order valence-corrected chi connectivity index (χ2v) is 8.21. The Hall–Kier alpha value is -4.49. The molecule has 1 heterocycles. The SMILES string of the molecule is COC(=O)c1c(NC(=O)C(C#N)=Cc2ccc(OCc3ccccc3F)cc2)sc(C(N)=O)c1C. The second kappa shape index (κ2) is 11.1. The summed E-state index contributed by atoms with van der Waals surface area (Å²) in [6.45, 7) is 1.55. The fraction of sp³-hybridized carbons (Fsp3) is 0.120. The van der Waals surface area contributed by atoms with Crippen molar-refractivity contribution >= 4 is 40.2 Å². The molecular weight excluding hydrogens is 473 g/mol. The summed E-state index contributed by atoms with van der Waals surface area (Å²) in [5.41, 5.74) is 6.31. The Balaban J connectivity index is 1.76. The number of anilines is 1. The average molecular weight is 494 g/mol. The van der Waals surface area contributed by atoms with Gasteiger partial charge in [0.2, 0.25) is 0 Å². The highest BCUT2D eigenvalue weighted by Gasteiger charge is 2.26. The lowest BCUT2D eigenvalue weighted by Crippen LogP contribution is -2.15. The molecule has 0 aliphatic heterocycles. The maximum Gasteiger partial charge on any atom is 0.341 e. The summed E-state index contributed by atoms with van der Waals surface area (Å²) in [4.78, 5) is 36.7. The standard InChI is InChI=1S/C25H20FN3O5S/c1-14-20(25(32)33-2)24(35-21(14)22(28)30)29-23(31)17(12-27)11-15-7-9-18(10-8-15)34-13-16-5-3-4-6-19(16)26/h3-11H,13H2,1-2H3,(H2,28,30)(H,29,31). The third kappa shape index (κ3) is 5.90. The predicted octanol–water partition coefficient (Wildman–Crippen LogP) is 4.21. The molecule has 1 aromatic heterocycles. The monoisotopic (exact) mass is 493 g/mol. The number of ether oxygens (including phenoxy) is 2. The number of nitrogens with two attached hydrogens (primary N) is 1. The molecule has 0 unspecified atom stereocenters. The van der Waals surface area contributed by atoms with Crippen LogP contribution in [0.3, 0.4) is 0 Å². The third-order valence-electron chi connectivity index (χ3n) is 4.90. The lowest BCUT2D eigenvalue weighted by atomic mass is 10.1. The van der Waals surface area contributed by atoms with E-state index in [0.717, 1.165) is 11.3 Å². The van der Waals surface area contributed by atoms with Crippen molar-refractivity contribution in [2.75, 3.05) is 12.4 Å². The summed E-state index contributed by atoms with van der Waals surface area (Å²) in [5.74, 6) is -2.18. The largest absolute Gasteiger partial charge is 0.489 e. The number of amides is 2. The van der Waals surface area contributed by atoms with Gasteiger partial charge in [-0.15, -0.1) is 11.3 Å². The number of nitriles is 1. The molecule has 10 heteroatoms. The predicted molar refractivity (Wildman–Crippen MR) is 128 cm³/mol. The van der Waals surface area contributed by atoms with Gasteiger partial charge in [-0.2, -0.15) is 5.26 Å². The van der Waals surface area contributed by atoms with Crippen molar-refractivity contribution in [3.05, 3.63) is 87.1 Å². The molecule has 0 aliphatic carbocycles. The number of benzene rings is 2. The van der Waals surface area contributed by atoms with Crippen molar-refractivity contribution in [3.63, 3.8) is 0 Å². The van der Waals surface area contributed by atoms with Crippen molar-refractivity contribution in [2.24, 2.45) is 5.73 Å². The first kappa shape index (κ1) is 25.1. The minimum absolute atomic E-state index is 0.00621. The van der Waals surface area contributed by atoms with Crippen molar-refractivity contribution in [1.82, 2.24) is 0 Å². The summed E-state index contributed by atoms with van der Waals surface area (Å²) in [6, 6.07) is 14.6. The fourth-order valence-electron chi connectivity index (χ4n) is 3.11. The number of methoxy groups -OCH3 is 1. The van der Waals surface area contributed by atoms with Crippen LogP contribution in [-0.4, -0.2) is 24.9 Å². The number of hydrogen-bond acceptors (Lipinski definition) is 7. The van der Waals surface area contributed by atoms with E-state index in [4.69, 9.17) is 15.2 Å². The van der Waals surface area contributed by atoms with Crippen LogP contribution in [0.25, 0.3) is 6.08 Å². The Morgan fingerprint density at radius 3 is 2.46 bits per heavy atom. The number of carbonyl (C=O) groups excluding carboxylic acids is 3. The molecule has 2 amide bonds. The molecule has 178 valence electrons. The Morgan fingerprint density at radius 1 is 1.17 bits per heavy atom. The molecular formula is C25H20FN3O5S. The van der Waals surface area contributed by atoms with Gasteiger partial charge in [-0.25, -0.2) is 9.18 Å². The maximum absolute atomic E-state index is 13.7. The minimum Gasteiger partial charge on any atom is -0.489 e. The number of rotatable bonds is 8. The molecule has 0 atom stereocenters. The van der Waals surface area contributed by atoms with E-state index < -0.39 is 17.8 Å². The van der Waals surface area contributed by atoms with E-state index in [2.05, 4.69) is 5.32 Å². The first-order valence-electron chi connectivity index (χ1n) is 10.2. The molecule has 8 nitrogen and oxygen atoms in total. The number of thiophene rings is 1. The van der Waals surface area contributed by atoms with Crippen LogP contribution in [0.15, 0.2) is 54.1 Å². The van der Waals surface area contributed by atoms with Gasteiger partial charge >= 0.3 is 5.97 Å². The molecule has 3 rings (SSSR count). The zero-order chi connectivity index (χ0) is 25.5. The Labute approximate surface area is 204 Å². The van der Waals surface area contributed by atoms with Gasteiger partial charge in [0, 0.05) is 5.56 Å². The summed E-state index contributed by atoms with van der Waals surface area (Å²) < 4.78 is 24.0. The first-order chi connectivity index (χ1) is 16.7. The van der Waals surface area contributed by atoms with Gasteiger partial charge in [-0.3, -0.25) is 9.59 Å². The van der Waals surface area contributed by atoms with E-state index in [1.165, 1.54) is 26.2 Å². The zero-order valence-corrected chi connectivity index (χ0v) is 19.6. The summed E-state index contributed by atoms with van der Waals surface area (Å²) >= 11 is 0.820. The first-order valence-corrected chi connectivity index (χ1v) is 11.0. The van der Waals surface area contributed by atoms with Crippen LogP contribution in [-0.2, 0) is 16.1 Å². The number of carbonyl (C=O) groups is 3. The molecule has 2 aromatic carbocycles. The van der Waals surface area contributed by atoms with Gasteiger partial charge in [-0.1, -0.05) is 30.3 Å². The molecule has 3 N–H and O–H groups in total. The molecule has 0 radical (unpaired) electrons. The smallest absolute Gasteiger partial charge is 0.341 e.